The van der Waals surface area contributed by atoms with Crippen LogP contribution < -0.4 is 10.6 Å². The molecule has 0 aliphatic carbocycles. The quantitative estimate of drug-likeness (QED) is 0.682. The van der Waals surface area contributed by atoms with Crippen molar-refractivity contribution in [2.24, 2.45) is 0 Å². The highest BCUT2D eigenvalue weighted by Gasteiger charge is 2.21. The van der Waals surface area contributed by atoms with Crippen molar-refractivity contribution in [3.8, 4) is 0 Å². The molecule has 9 nitrogen and oxygen atoms in total. The van der Waals surface area contributed by atoms with Crippen LogP contribution in [0.3, 0.4) is 0 Å². The zero-order valence-corrected chi connectivity index (χ0v) is 12.4. The Morgan fingerprint density at radius 1 is 1.32 bits per heavy atom. The first kappa shape index (κ1) is 16.0. The number of piperazine rings is 1. The van der Waals surface area contributed by atoms with Crippen molar-refractivity contribution in [1.29, 1.82) is 0 Å². The summed E-state index contributed by atoms with van der Waals surface area (Å²) >= 11 is 0. The Balaban J connectivity index is 2.01. The molecule has 1 aromatic rings. The van der Waals surface area contributed by atoms with Crippen LogP contribution in [0, 0.1) is 0 Å². The van der Waals surface area contributed by atoms with E-state index in [1.165, 1.54) is 6.92 Å². The van der Waals surface area contributed by atoms with E-state index in [0.717, 1.165) is 5.69 Å². The summed E-state index contributed by atoms with van der Waals surface area (Å²) in [5.74, 6) is -0.914. The third-order valence-corrected chi connectivity index (χ3v) is 3.35. The van der Waals surface area contributed by atoms with Gasteiger partial charge in [0, 0.05) is 33.1 Å². The van der Waals surface area contributed by atoms with Crippen molar-refractivity contribution in [1.82, 2.24) is 15.1 Å². The number of carboxylic acids is 1. The molecule has 1 aliphatic heterocycles. The molecule has 0 unspecified atom stereocenters. The highest BCUT2D eigenvalue weighted by Crippen LogP contribution is 2.22. The van der Waals surface area contributed by atoms with Gasteiger partial charge in [-0.05, 0) is 6.07 Å². The third kappa shape index (κ3) is 4.29. The second kappa shape index (κ2) is 7.03. The lowest BCUT2D eigenvalue weighted by molar-refractivity contribution is -0.142. The zero-order chi connectivity index (χ0) is 16.1. The van der Waals surface area contributed by atoms with E-state index in [-0.39, 0.29) is 19.1 Å². The molecule has 1 aromatic heterocycles. The van der Waals surface area contributed by atoms with Gasteiger partial charge in [0.15, 0.2) is 5.82 Å². The van der Waals surface area contributed by atoms with Crippen LogP contribution in [-0.2, 0) is 20.9 Å². The van der Waals surface area contributed by atoms with Crippen molar-refractivity contribution < 1.29 is 19.4 Å². The summed E-state index contributed by atoms with van der Waals surface area (Å²) in [5, 5.41) is 16.6. The second-order valence-electron chi connectivity index (χ2n) is 5.04. The van der Waals surface area contributed by atoms with Crippen molar-refractivity contribution in [2.75, 3.05) is 43.4 Å². The smallest absolute Gasteiger partial charge is 0.317 e. The van der Waals surface area contributed by atoms with Crippen molar-refractivity contribution in [3.63, 3.8) is 0 Å². The largest absolute Gasteiger partial charge is 0.480 e. The van der Waals surface area contributed by atoms with Crippen LogP contribution in [0.25, 0.3) is 0 Å². The van der Waals surface area contributed by atoms with Gasteiger partial charge in [0.1, 0.15) is 12.3 Å². The van der Waals surface area contributed by atoms with Crippen molar-refractivity contribution in [2.45, 2.75) is 13.5 Å². The molecule has 9 heteroatoms. The van der Waals surface area contributed by atoms with E-state index in [1.807, 2.05) is 9.80 Å². The van der Waals surface area contributed by atoms with Crippen molar-refractivity contribution >= 4 is 23.4 Å². The normalized spacial score (nSPS) is 15.6. The SMILES string of the molecule is CC(=O)OCc1cc(N2CCN(CC(=O)O)CC2)c(N)nn1. The molecule has 2 rings (SSSR count). The predicted molar refractivity (Wildman–Crippen MR) is 78.2 cm³/mol. The Bertz CT molecular complexity index is 557. The number of aromatic nitrogens is 2. The van der Waals surface area contributed by atoms with E-state index < -0.39 is 5.97 Å². The average molecular weight is 309 g/mol. The third-order valence-electron chi connectivity index (χ3n) is 3.35. The monoisotopic (exact) mass is 309 g/mol. The summed E-state index contributed by atoms with van der Waals surface area (Å²) in [7, 11) is 0. The van der Waals surface area contributed by atoms with Gasteiger partial charge in [-0.2, -0.15) is 0 Å². The van der Waals surface area contributed by atoms with E-state index in [1.54, 1.807) is 6.07 Å². The predicted octanol–water partition coefficient (Wildman–Crippen LogP) is -0.671. The molecule has 0 saturated carbocycles. The number of rotatable bonds is 5. The highest BCUT2D eigenvalue weighted by molar-refractivity contribution is 5.69. The number of anilines is 2. The van der Waals surface area contributed by atoms with Gasteiger partial charge in [-0.1, -0.05) is 0 Å². The molecular weight excluding hydrogens is 290 g/mol. The average Bonchev–Trinajstić information content (AvgIpc) is 2.47. The first-order valence-corrected chi connectivity index (χ1v) is 6.90. The Labute approximate surface area is 127 Å². The summed E-state index contributed by atoms with van der Waals surface area (Å²) in [5.41, 5.74) is 7.11. The van der Waals surface area contributed by atoms with Gasteiger partial charge in [0.25, 0.3) is 0 Å². The number of nitrogen functional groups attached to an aromatic ring is 1. The fraction of sp³-hybridized carbons (Fsp3) is 0.538. The van der Waals surface area contributed by atoms with Gasteiger partial charge < -0.3 is 20.5 Å². The molecule has 0 radical (unpaired) electrons. The molecule has 0 aromatic carbocycles. The minimum absolute atomic E-state index is 0.0373. The fourth-order valence-corrected chi connectivity index (χ4v) is 2.27. The maximum Gasteiger partial charge on any atom is 0.317 e. The first-order valence-electron chi connectivity index (χ1n) is 6.90. The molecule has 0 spiro atoms. The lowest BCUT2D eigenvalue weighted by Gasteiger charge is -2.35. The summed E-state index contributed by atoms with van der Waals surface area (Å²) in [4.78, 5) is 25.4. The molecule has 0 atom stereocenters. The van der Waals surface area contributed by atoms with Crippen LogP contribution in [-0.4, -0.2) is 64.9 Å². The number of ether oxygens (including phenoxy) is 1. The van der Waals surface area contributed by atoms with Gasteiger partial charge in [0.05, 0.1) is 12.2 Å². The summed E-state index contributed by atoms with van der Waals surface area (Å²) in [6.07, 6.45) is 0. The molecule has 120 valence electrons. The minimum atomic E-state index is -0.831. The van der Waals surface area contributed by atoms with E-state index in [9.17, 15) is 9.59 Å². The lowest BCUT2D eigenvalue weighted by Crippen LogP contribution is -2.48. The highest BCUT2D eigenvalue weighted by atomic mass is 16.5. The maximum absolute atomic E-state index is 10.8. The van der Waals surface area contributed by atoms with Gasteiger partial charge in [-0.25, -0.2) is 0 Å². The molecule has 0 amide bonds. The standard InChI is InChI=1S/C13H19N5O4/c1-9(19)22-8-10-6-11(13(14)16-15-10)18-4-2-17(3-5-18)7-12(20)21/h6H,2-5,7-8H2,1H3,(H2,14,16)(H,20,21). The van der Waals surface area contributed by atoms with Crippen LogP contribution in [0.5, 0.6) is 0 Å². The van der Waals surface area contributed by atoms with E-state index in [4.69, 9.17) is 15.6 Å². The number of nitrogens with two attached hydrogens (primary N) is 1. The number of carboxylic acid groups (broad SMARTS) is 1. The van der Waals surface area contributed by atoms with Gasteiger partial charge in [-0.3, -0.25) is 14.5 Å². The Hall–Kier alpha value is -2.42. The van der Waals surface area contributed by atoms with Crippen LogP contribution in [0.2, 0.25) is 0 Å². The van der Waals surface area contributed by atoms with Crippen LogP contribution in [0.1, 0.15) is 12.6 Å². The number of nitrogens with zero attached hydrogens (tertiary/aromatic N) is 4. The summed E-state index contributed by atoms with van der Waals surface area (Å²) in [6, 6.07) is 1.75. The van der Waals surface area contributed by atoms with E-state index >= 15 is 0 Å². The molecule has 1 saturated heterocycles. The number of hydrogen-bond acceptors (Lipinski definition) is 8. The minimum Gasteiger partial charge on any atom is -0.480 e. The number of aliphatic carboxylic acids is 1. The lowest BCUT2D eigenvalue weighted by atomic mass is 10.2. The molecule has 0 bridgehead atoms. The number of hydrogen-bond donors (Lipinski definition) is 2. The first-order chi connectivity index (χ1) is 10.5. The molecular formula is C13H19N5O4. The van der Waals surface area contributed by atoms with Gasteiger partial charge in [-0.15, -0.1) is 10.2 Å². The molecule has 1 aliphatic rings. The number of esters is 1. The molecule has 1 fully saturated rings. The van der Waals surface area contributed by atoms with E-state index in [2.05, 4.69) is 10.2 Å². The van der Waals surface area contributed by atoms with Crippen LogP contribution >= 0.6 is 0 Å². The van der Waals surface area contributed by atoms with Gasteiger partial charge in [0.2, 0.25) is 0 Å². The van der Waals surface area contributed by atoms with Crippen LogP contribution in [0.4, 0.5) is 11.5 Å². The Morgan fingerprint density at radius 3 is 2.59 bits per heavy atom. The number of carbonyl (C=O) groups is 2. The fourth-order valence-electron chi connectivity index (χ4n) is 2.27. The molecule has 3 N–H and O–H groups in total. The Kier molecular flexibility index (Phi) is 5.10. The Morgan fingerprint density at radius 2 is 2.00 bits per heavy atom. The van der Waals surface area contributed by atoms with Crippen LogP contribution in [0.15, 0.2) is 6.07 Å². The molecule has 22 heavy (non-hydrogen) atoms. The van der Waals surface area contributed by atoms with Crippen molar-refractivity contribution in [3.05, 3.63) is 11.8 Å². The maximum atomic E-state index is 10.8. The summed E-state index contributed by atoms with van der Waals surface area (Å²) in [6.45, 7) is 3.98. The second-order valence-corrected chi connectivity index (χ2v) is 5.04. The molecule has 2 heterocycles. The summed E-state index contributed by atoms with van der Waals surface area (Å²) < 4.78 is 4.90. The van der Waals surface area contributed by atoms with E-state index in [0.29, 0.717) is 37.7 Å². The van der Waals surface area contributed by atoms with Gasteiger partial charge >= 0.3 is 11.9 Å². The zero-order valence-electron chi connectivity index (χ0n) is 12.4. The number of carbonyl (C=O) groups excluding carboxylic acids is 1. The topological polar surface area (TPSA) is 122 Å².